The first-order chi connectivity index (χ1) is 8.81. The van der Waals surface area contributed by atoms with Crippen molar-refractivity contribution in [3.8, 4) is 0 Å². The molecule has 0 aliphatic heterocycles. The van der Waals surface area contributed by atoms with Gasteiger partial charge in [0.2, 0.25) is 0 Å². The van der Waals surface area contributed by atoms with Crippen LogP contribution < -0.4 is 10.6 Å². The summed E-state index contributed by atoms with van der Waals surface area (Å²) in [6, 6.07) is 1.88. The van der Waals surface area contributed by atoms with Crippen molar-refractivity contribution in [1.82, 2.24) is 9.97 Å². The van der Waals surface area contributed by atoms with Gasteiger partial charge in [0, 0.05) is 25.1 Å². The highest BCUT2D eigenvalue weighted by Crippen LogP contribution is 2.17. The zero-order valence-corrected chi connectivity index (χ0v) is 12.6. The van der Waals surface area contributed by atoms with E-state index in [1.165, 1.54) is 0 Å². The molecule has 3 N–H and O–H groups in total. The molecule has 1 rings (SSSR count). The van der Waals surface area contributed by atoms with Gasteiger partial charge in [-0.15, -0.1) is 0 Å². The number of nitrogens with zero attached hydrogens (tertiary/aromatic N) is 2. The van der Waals surface area contributed by atoms with Crippen molar-refractivity contribution in [2.75, 3.05) is 23.7 Å². The van der Waals surface area contributed by atoms with Crippen molar-refractivity contribution < 1.29 is 5.11 Å². The van der Waals surface area contributed by atoms with Crippen LogP contribution in [-0.2, 0) is 0 Å². The minimum absolute atomic E-state index is 0.270. The van der Waals surface area contributed by atoms with Crippen molar-refractivity contribution >= 4 is 11.6 Å². The fraction of sp³-hybridized carbons (Fsp3) is 0.714. The molecule has 108 valence electrons. The van der Waals surface area contributed by atoms with Crippen molar-refractivity contribution in [3.05, 3.63) is 11.9 Å². The van der Waals surface area contributed by atoms with Crippen LogP contribution in [0.2, 0.25) is 0 Å². The molecule has 1 aromatic rings. The second-order valence-corrected chi connectivity index (χ2v) is 5.74. The number of nitrogens with one attached hydrogen (secondary N) is 2. The van der Waals surface area contributed by atoms with E-state index in [1.807, 2.05) is 6.07 Å². The van der Waals surface area contributed by atoms with Crippen molar-refractivity contribution in [2.45, 2.75) is 52.6 Å². The second kappa shape index (κ2) is 6.70. The largest absolute Gasteiger partial charge is 0.389 e. The van der Waals surface area contributed by atoms with Crippen LogP contribution in [0, 0.1) is 0 Å². The molecule has 5 nitrogen and oxygen atoms in total. The number of anilines is 2. The van der Waals surface area contributed by atoms with Crippen molar-refractivity contribution in [2.24, 2.45) is 0 Å². The maximum absolute atomic E-state index is 9.75. The molecule has 0 atom stereocenters. The van der Waals surface area contributed by atoms with Crippen LogP contribution in [0.1, 0.15) is 52.8 Å². The van der Waals surface area contributed by atoms with Gasteiger partial charge >= 0.3 is 0 Å². The molecule has 0 spiro atoms. The van der Waals surface area contributed by atoms with Gasteiger partial charge in [-0.3, -0.25) is 0 Å². The summed E-state index contributed by atoms with van der Waals surface area (Å²) in [6.45, 7) is 11.1. The molecule has 5 heteroatoms. The first-order valence-corrected chi connectivity index (χ1v) is 6.91. The van der Waals surface area contributed by atoms with Gasteiger partial charge in [0.05, 0.1) is 5.60 Å². The SMILES string of the molecule is CCCNc1cc(NCC(C)(C)O)nc(C(C)C)n1. The highest BCUT2D eigenvalue weighted by molar-refractivity contribution is 5.48. The summed E-state index contributed by atoms with van der Waals surface area (Å²) in [4.78, 5) is 8.96. The molecule has 1 aromatic heterocycles. The predicted octanol–water partition coefficient (Wildman–Crippen LogP) is 2.60. The van der Waals surface area contributed by atoms with Gasteiger partial charge in [-0.1, -0.05) is 20.8 Å². The maximum atomic E-state index is 9.75. The normalized spacial score (nSPS) is 11.7. The van der Waals surface area contributed by atoms with Gasteiger partial charge in [0.15, 0.2) is 0 Å². The lowest BCUT2D eigenvalue weighted by atomic mass is 10.1. The number of rotatable bonds is 7. The third-order valence-corrected chi connectivity index (χ3v) is 2.52. The Balaban J connectivity index is 2.86. The Hall–Kier alpha value is -1.36. The fourth-order valence-electron chi connectivity index (χ4n) is 1.47. The van der Waals surface area contributed by atoms with E-state index >= 15 is 0 Å². The third-order valence-electron chi connectivity index (χ3n) is 2.52. The Bertz CT molecular complexity index is 399. The monoisotopic (exact) mass is 266 g/mol. The molecule has 0 amide bonds. The number of hydrogen-bond acceptors (Lipinski definition) is 5. The molecule has 0 fully saturated rings. The van der Waals surface area contributed by atoms with E-state index in [9.17, 15) is 5.11 Å². The van der Waals surface area contributed by atoms with Gasteiger partial charge < -0.3 is 15.7 Å². The summed E-state index contributed by atoms with van der Waals surface area (Å²) >= 11 is 0. The van der Waals surface area contributed by atoms with E-state index in [-0.39, 0.29) is 5.92 Å². The number of hydrogen-bond donors (Lipinski definition) is 3. The average Bonchev–Trinajstić information content (AvgIpc) is 2.32. The van der Waals surface area contributed by atoms with Crippen LogP contribution >= 0.6 is 0 Å². The Morgan fingerprint density at radius 1 is 1.21 bits per heavy atom. The Morgan fingerprint density at radius 2 is 1.79 bits per heavy atom. The summed E-state index contributed by atoms with van der Waals surface area (Å²) in [5.74, 6) is 2.66. The summed E-state index contributed by atoms with van der Waals surface area (Å²) in [5, 5.41) is 16.2. The molecule has 0 aliphatic carbocycles. The maximum Gasteiger partial charge on any atom is 0.135 e. The highest BCUT2D eigenvalue weighted by Gasteiger charge is 2.13. The van der Waals surface area contributed by atoms with E-state index in [1.54, 1.807) is 13.8 Å². The Morgan fingerprint density at radius 3 is 2.26 bits per heavy atom. The standard InChI is InChI=1S/C14H26N4O/c1-6-7-15-11-8-12(16-9-14(4,5)19)18-13(17-11)10(2)3/h8,10,19H,6-7,9H2,1-5H3,(H2,15,16,17,18). The molecular weight excluding hydrogens is 240 g/mol. The van der Waals surface area contributed by atoms with Crippen LogP contribution in [0.15, 0.2) is 6.07 Å². The first kappa shape index (κ1) is 15.7. The molecule has 0 unspecified atom stereocenters. The van der Waals surface area contributed by atoms with Crippen LogP contribution in [0.5, 0.6) is 0 Å². The molecule has 0 bridgehead atoms. The lowest BCUT2D eigenvalue weighted by Gasteiger charge is -2.19. The predicted molar refractivity (Wildman–Crippen MR) is 79.7 cm³/mol. The lowest BCUT2D eigenvalue weighted by Crippen LogP contribution is -2.29. The van der Waals surface area contributed by atoms with Gasteiger partial charge in [-0.25, -0.2) is 9.97 Å². The fourth-order valence-corrected chi connectivity index (χ4v) is 1.47. The molecule has 0 saturated carbocycles. The molecular formula is C14H26N4O. The minimum Gasteiger partial charge on any atom is -0.389 e. The zero-order chi connectivity index (χ0) is 14.5. The van der Waals surface area contributed by atoms with E-state index < -0.39 is 5.60 Å². The van der Waals surface area contributed by atoms with Crippen LogP contribution in [0.3, 0.4) is 0 Å². The highest BCUT2D eigenvalue weighted by atomic mass is 16.3. The Labute approximate surface area is 115 Å². The molecule has 1 heterocycles. The smallest absolute Gasteiger partial charge is 0.135 e. The zero-order valence-electron chi connectivity index (χ0n) is 12.6. The van der Waals surface area contributed by atoms with Crippen LogP contribution in [0.4, 0.5) is 11.6 Å². The molecule has 0 saturated heterocycles. The Kier molecular flexibility index (Phi) is 5.54. The quantitative estimate of drug-likeness (QED) is 0.707. The van der Waals surface area contributed by atoms with E-state index in [0.717, 1.165) is 30.4 Å². The third kappa shape index (κ3) is 5.87. The summed E-state index contributed by atoms with van der Waals surface area (Å²) in [5.41, 5.74) is -0.764. The van der Waals surface area contributed by atoms with Gasteiger partial charge in [-0.2, -0.15) is 0 Å². The van der Waals surface area contributed by atoms with E-state index in [2.05, 4.69) is 41.4 Å². The van der Waals surface area contributed by atoms with Gasteiger partial charge in [0.25, 0.3) is 0 Å². The average molecular weight is 266 g/mol. The molecule has 0 aliphatic rings. The first-order valence-electron chi connectivity index (χ1n) is 6.91. The minimum atomic E-state index is -0.764. The number of aromatic nitrogens is 2. The van der Waals surface area contributed by atoms with E-state index in [0.29, 0.717) is 6.54 Å². The molecule has 0 aromatic carbocycles. The molecule has 0 radical (unpaired) electrons. The van der Waals surface area contributed by atoms with Crippen molar-refractivity contribution in [3.63, 3.8) is 0 Å². The van der Waals surface area contributed by atoms with Crippen molar-refractivity contribution in [1.29, 1.82) is 0 Å². The van der Waals surface area contributed by atoms with Gasteiger partial charge in [0.1, 0.15) is 17.5 Å². The van der Waals surface area contributed by atoms with Gasteiger partial charge in [-0.05, 0) is 20.3 Å². The summed E-state index contributed by atoms with van der Waals surface area (Å²) in [7, 11) is 0. The van der Waals surface area contributed by atoms with E-state index in [4.69, 9.17) is 0 Å². The number of aliphatic hydroxyl groups is 1. The second-order valence-electron chi connectivity index (χ2n) is 5.74. The lowest BCUT2D eigenvalue weighted by molar-refractivity contribution is 0.0944. The topological polar surface area (TPSA) is 70.1 Å². The van der Waals surface area contributed by atoms with Crippen LogP contribution in [0.25, 0.3) is 0 Å². The van der Waals surface area contributed by atoms with Crippen LogP contribution in [-0.4, -0.2) is 33.8 Å². The summed E-state index contributed by atoms with van der Waals surface area (Å²) < 4.78 is 0. The molecule has 19 heavy (non-hydrogen) atoms. The summed E-state index contributed by atoms with van der Waals surface area (Å²) in [6.07, 6.45) is 1.05.